The van der Waals surface area contributed by atoms with E-state index in [4.69, 9.17) is 9.84 Å². The molecular formula is C12H16N2O7. The predicted molar refractivity (Wildman–Crippen MR) is 70.7 cm³/mol. The van der Waals surface area contributed by atoms with Gasteiger partial charge >= 0.3 is 17.6 Å². The van der Waals surface area contributed by atoms with Crippen LogP contribution in [0.4, 0.5) is 0 Å². The van der Waals surface area contributed by atoms with Crippen molar-refractivity contribution in [3.8, 4) is 5.75 Å². The highest BCUT2D eigenvalue weighted by Gasteiger charge is 2.21. The fraction of sp³-hybridized carbons (Fsp3) is 0.500. The monoisotopic (exact) mass is 300 g/mol. The topological polar surface area (TPSA) is 128 Å². The number of aromatic nitrogens is 2. The van der Waals surface area contributed by atoms with Gasteiger partial charge in [-0.05, 0) is 6.42 Å². The van der Waals surface area contributed by atoms with Crippen LogP contribution in [0.3, 0.4) is 0 Å². The molecule has 1 aromatic heterocycles. The molecule has 0 saturated heterocycles. The molecule has 0 saturated carbocycles. The molecule has 0 amide bonds. The number of H-pyrrole nitrogens is 1. The molecule has 116 valence electrons. The summed E-state index contributed by atoms with van der Waals surface area (Å²) in [4.78, 5) is 48.0. The van der Waals surface area contributed by atoms with Crippen LogP contribution in [-0.4, -0.2) is 40.3 Å². The molecule has 0 spiro atoms. The first-order chi connectivity index (χ1) is 9.92. The Morgan fingerprint density at radius 3 is 2.52 bits per heavy atom. The van der Waals surface area contributed by atoms with E-state index in [1.807, 2.05) is 11.9 Å². The van der Waals surface area contributed by atoms with Gasteiger partial charge in [-0.25, -0.2) is 14.2 Å². The van der Waals surface area contributed by atoms with Gasteiger partial charge in [0, 0.05) is 0 Å². The van der Waals surface area contributed by atoms with Gasteiger partial charge in [0.05, 0.1) is 13.7 Å². The van der Waals surface area contributed by atoms with Crippen molar-refractivity contribution in [2.24, 2.45) is 0 Å². The van der Waals surface area contributed by atoms with Crippen molar-refractivity contribution >= 4 is 11.9 Å². The highest BCUT2D eigenvalue weighted by atomic mass is 16.5. The number of carboxylic acid groups (broad SMARTS) is 1. The molecule has 0 aromatic carbocycles. The Morgan fingerprint density at radius 2 is 2.00 bits per heavy atom. The summed E-state index contributed by atoms with van der Waals surface area (Å²) in [6.45, 7) is 1.38. The number of methoxy groups -OCH3 is 1. The summed E-state index contributed by atoms with van der Waals surface area (Å²) < 4.78 is 10.0. The molecular weight excluding hydrogens is 284 g/mol. The van der Waals surface area contributed by atoms with Crippen LogP contribution in [-0.2, 0) is 16.1 Å². The minimum Gasteiger partial charge on any atom is -0.486 e. The zero-order valence-electron chi connectivity index (χ0n) is 11.7. The summed E-state index contributed by atoms with van der Waals surface area (Å²) >= 11 is 0. The Balaban J connectivity index is 3.33. The zero-order valence-corrected chi connectivity index (χ0v) is 11.7. The van der Waals surface area contributed by atoms with E-state index in [1.165, 1.54) is 0 Å². The molecule has 0 radical (unpaired) electrons. The van der Waals surface area contributed by atoms with E-state index in [9.17, 15) is 19.2 Å². The number of hydrogen-bond acceptors (Lipinski definition) is 6. The molecule has 21 heavy (non-hydrogen) atoms. The summed E-state index contributed by atoms with van der Waals surface area (Å²) in [5.41, 5.74) is -2.65. The van der Waals surface area contributed by atoms with Gasteiger partial charge in [0.1, 0.15) is 6.54 Å². The second kappa shape index (κ2) is 7.27. The highest BCUT2D eigenvalue weighted by Crippen LogP contribution is 2.09. The summed E-state index contributed by atoms with van der Waals surface area (Å²) in [7, 11) is 1.10. The van der Waals surface area contributed by atoms with Gasteiger partial charge in [0.2, 0.25) is 5.75 Å². The van der Waals surface area contributed by atoms with E-state index >= 15 is 0 Å². The van der Waals surface area contributed by atoms with Crippen LogP contribution in [0.15, 0.2) is 9.59 Å². The second-order valence-electron chi connectivity index (χ2n) is 4.11. The molecule has 1 heterocycles. The number of nitrogens with one attached hydrogen (secondary N) is 1. The minimum atomic E-state index is -1.50. The van der Waals surface area contributed by atoms with E-state index in [2.05, 4.69) is 4.74 Å². The average molecular weight is 300 g/mol. The largest absolute Gasteiger partial charge is 0.486 e. The molecule has 0 unspecified atom stereocenters. The van der Waals surface area contributed by atoms with Gasteiger partial charge in [-0.3, -0.25) is 14.6 Å². The van der Waals surface area contributed by atoms with Crippen molar-refractivity contribution in [3.05, 3.63) is 26.5 Å². The zero-order chi connectivity index (χ0) is 16.0. The first-order valence-corrected chi connectivity index (χ1v) is 6.22. The van der Waals surface area contributed by atoms with Crippen molar-refractivity contribution in [1.82, 2.24) is 9.55 Å². The lowest BCUT2D eigenvalue weighted by Crippen LogP contribution is -2.40. The van der Waals surface area contributed by atoms with Gasteiger partial charge in [-0.2, -0.15) is 0 Å². The average Bonchev–Trinajstić information content (AvgIpc) is 2.44. The van der Waals surface area contributed by atoms with E-state index in [-0.39, 0.29) is 6.61 Å². The first-order valence-electron chi connectivity index (χ1n) is 6.22. The first kappa shape index (κ1) is 16.5. The Labute approximate surface area is 119 Å². The van der Waals surface area contributed by atoms with Gasteiger partial charge in [-0.15, -0.1) is 0 Å². The summed E-state index contributed by atoms with van der Waals surface area (Å²) in [6.07, 6.45) is 1.39. The lowest BCUT2D eigenvalue weighted by atomic mass is 10.3. The number of aromatic carboxylic acids is 1. The molecule has 1 aromatic rings. The summed E-state index contributed by atoms with van der Waals surface area (Å²) in [5, 5.41) is 9.00. The lowest BCUT2D eigenvalue weighted by molar-refractivity contribution is -0.141. The van der Waals surface area contributed by atoms with Crippen molar-refractivity contribution in [1.29, 1.82) is 0 Å². The number of rotatable bonds is 7. The number of carboxylic acids is 1. The maximum absolute atomic E-state index is 12.1. The van der Waals surface area contributed by atoms with Gasteiger partial charge in [0.25, 0.3) is 5.56 Å². The maximum Gasteiger partial charge on any atom is 0.356 e. The number of aromatic amines is 1. The third kappa shape index (κ3) is 3.94. The maximum atomic E-state index is 12.1. The Bertz CT molecular complexity index is 644. The number of hydrogen-bond donors (Lipinski definition) is 2. The number of esters is 1. The number of unbranched alkanes of at least 4 members (excludes halogenated alkanes) is 1. The van der Waals surface area contributed by atoms with E-state index < -0.39 is 41.2 Å². The Morgan fingerprint density at radius 1 is 1.33 bits per heavy atom. The fourth-order valence-electron chi connectivity index (χ4n) is 1.49. The molecule has 1 rings (SSSR count). The van der Waals surface area contributed by atoms with E-state index in [0.717, 1.165) is 13.5 Å². The van der Waals surface area contributed by atoms with Gasteiger partial charge < -0.3 is 14.6 Å². The third-order valence-electron chi connectivity index (χ3n) is 2.62. The molecule has 0 bridgehead atoms. The van der Waals surface area contributed by atoms with Crippen LogP contribution in [0.2, 0.25) is 0 Å². The predicted octanol–water partition coefficient (Wildman–Crippen LogP) is -0.413. The van der Waals surface area contributed by atoms with E-state index in [1.54, 1.807) is 0 Å². The highest BCUT2D eigenvalue weighted by molar-refractivity contribution is 5.88. The van der Waals surface area contributed by atoms with Crippen LogP contribution in [0, 0.1) is 0 Å². The quantitative estimate of drug-likeness (QED) is 0.517. The van der Waals surface area contributed by atoms with Gasteiger partial charge in [0.15, 0.2) is 5.69 Å². The molecule has 9 nitrogen and oxygen atoms in total. The molecule has 0 aliphatic heterocycles. The number of nitrogens with zero attached hydrogens (tertiary/aromatic N) is 1. The second-order valence-corrected chi connectivity index (χ2v) is 4.11. The van der Waals surface area contributed by atoms with Crippen molar-refractivity contribution in [3.63, 3.8) is 0 Å². The smallest absolute Gasteiger partial charge is 0.356 e. The fourth-order valence-corrected chi connectivity index (χ4v) is 1.49. The summed E-state index contributed by atoms with van der Waals surface area (Å²) in [6, 6.07) is 0. The molecule has 9 heteroatoms. The van der Waals surface area contributed by atoms with Crippen molar-refractivity contribution in [2.45, 2.75) is 26.3 Å². The van der Waals surface area contributed by atoms with E-state index in [0.29, 0.717) is 11.0 Å². The third-order valence-corrected chi connectivity index (χ3v) is 2.62. The molecule has 0 aliphatic carbocycles. The van der Waals surface area contributed by atoms with Crippen LogP contribution < -0.4 is 16.0 Å². The van der Waals surface area contributed by atoms with Crippen molar-refractivity contribution < 1.29 is 24.2 Å². The molecule has 0 fully saturated rings. The lowest BCUT2D eigenvalue weighted by Gasteiger charge is -2.10. The molecule has 0 aliphatic rings. The van der Waals surface area contributed by atoms with Crippen LogP contribution >= 0.6 is 0 Å². The Kier molecular flexibility index (Phi) is 5.70. The minimum absolute atomic E-state index is 0.121. The normalized spacial score (nSPS) is 10.2. The standard InChI is InChI=1S/C12H16N2O7/c1-3-4-5-21-9-8(11(17)18)13-12(19)14(10(9)16)6-7(15)20-2/h3-6H2,1-2H3,(H,13,19)(H,17,18). The molecule has 0 atom stereocenters. The van der Waals surface area contributed by atoms with Crippen LogP contribution in [0.1, 0.15) is 30.3 Å². The summed E-state index contributed by atoms with van der Waals surface area (Å²) in [5.74, 6) is -2.81. The Hall–Kier alpha value is -2.58. The molecule has 2 N–H and O–H groups in total. The van der Waals surface area contributed by atoms with Crippen LogP contribution in [0.5, 0.6) is 5.75 Å². The number of ether oxygens (including phenoxy) is 2. The number of carbonyl (C=O) groups excluding carboxylic acids is 1. The SMILES string of the molecule is CCCCOc1c(C(=O)O)[nH]c(=O)n(CC(=O)OC)c1=O. The van der Waals surface area contributed by atoms with Crippen molar-refractivity contribution in [2.75, 3.05) is 13.7 Å². The van der Waals surface area contributed by atoms with Gasteiger partial charge in [-0.1, -0.05) is 13.3 Å². The number of carbonyl (C=O) groups is 2. The van der Waals surface area contributed by atoms with Crippen LogP contribution in [0.25, 0.3) is 0 Å².